The maximum atomic E-state index is 11.5. The van der Waals surface area contributed by atoms with Gasteiger partial charge in [-0.2, -0.15) is 0 Å². The minimum absolute atomic E-state index is 0.151. The van der Waals surface area contributed by atoms with Crippen molar-refractivity contribution >= 4 is 11.7 Å². The molecule has 2 amide bonds. The van der Waals surface area contributed by atoms with E-state index < -0.39 is 0 Å². The third-order valence-electron chi connectivity index (χ3n) is 2.61. The molecule has 0 spiro atoms. The quantitative estimate of drug-likeness (QED) is 0.793. The fraction of sp³-hybridized carbons (Fsp3) is 0.455. The normalized spacial score (nSPS) is 16.9. The molecule has 0 aromatic carbocycles. The molecule has 0 bridgehead atoms. The summed E-state index contributed by atoms with van der Waals surface area (Å²) in [5, 5.41) is 5.66. The molecule has 1 unspecified atom stereocenters. The van der Waals surface area contributed by atoms with Crippen LogP contribution in [0.3, 0.4) is 0 Å². The lowest BCUT2D eigenvalue weighted by Gasteiger charge is -2.13. The molecule has 1 atom stereocenters. The van der Waals surface area contributed by atoms with E-state index in [1.165, 1.54) is 12.8 Å². The molecule has 0 aliphatic heterocycles. The zero-order chi connectivity index (χ0) is 10.7. The van der Waals surface area contributed by atoms with Crippen LogP contribution in [-0.4, -0.2) is 17.1 Å². The van der Waals surface area contributed by atoms with Crippen molar-refractivity contribution < 1.29 is 4.79 Å². The first-order chi connectivity index (χ1) is 7.25. The van der Waals surface area contributed by atoms with Crippen molar-refractivity contribution in [1.29, 1.82) is 0 Å². The molecule has 15 heavy (non-hydrogen) atoms. The Morgan fingerprint density at radius 1 is 1.60 bits per heavy atom. The molecule has 1 heterocycles. The number of aromatic nitrogens is 1. The van der Waals surface area contributed by atoms with E-state index in [9.17, 15) is 4.79 Å². The van der Waals surface area contributed by atoms with Crippen molar-refractivity contribution in [2.45, 2.75) is 25.8 Å². The van der Waals surface area contributed by atoms with E-state index in [1.54, 1.807) is 18.5 Å². The monoisotopic (exact) mass is 205 g/mol. The number of anilines is 1. The fourth-order valence-corrected chi connectivity index (χ4v) is 1.52. The second-order valence-corrected chi connectivity index (χ2v) is 3.97. The molecule has 4 heteroatoms. The molecule has 4 nitrogen and oxygen atoms in total. The van der Waals surface area contributed by atoms with Crippen LogP contribution in [0.4, 0.5) is 10.5 Å². The van der Waals surface area contributed by atoms with E-state index in [1.807, 2.05) is 13.0 Å². The summed E-state index contributed by atoms with van der Waals surface area (Å²) >= 11 is 0. The zero-order valence-corrected chi connectivity index (χ0v) is 8.73. The minimum atomic E-state index is -0.151. The number of nitrogens with zero attached hydrogens (tertiary/aromatic N) is 1. The Balaban J connectivity index is 1.81. The van der Waals surface area contributed by atoms with Crippen LogP contribution in [0.5, 0.6) is 0 Å². The Hall–Kier alpha value is -1.58. The number of urea groups is 1. The molecule has 0 radical (unpaired) electrons. The third kappa shape index (κ3) is 2.94. The molecule has 1 aliphatic carbocycles. The van der Waals surface area contributed by atoms with Crippen LogP contribution >= 0.6 is 0 Å². The lowest BCUT2D eigenvalue weighted by molar-refractivity contribution is 0.248. The first-order valence-corrected chi connectivity index (χ1v) is 5.23. The highest BCUT2D eigenvalue weighted by Gasteiger charge is 2.28. The average molecular weight is 205 g/mol. The van der Waals surface area contributed by atoms with Crippen molar-refractivity contribution in [3.63, 3.8) is 0 Å². The Kier molecular flexibility index (Phi) is 2.85. The zero-order valence-electron chi connectivity index (χ0n) is 8.73. The first kappa shape index (κ1) is 9.96. The number of carbonyl (C=O) groups is 1. The SMILES string of the molecule is CC(NC(=O)Nc1cccnc1)C1CC1. The van der Waals surface area contributed by atoms with Crippen molar-refractivity contribution in [2.75, 3.05) is 5.32 Å². The number of nitrogens with one attached hydrogen (secondary N) is 2. The van der Waals surface area contributed by atoms with Gasteiger partial charge in [0.2, 0.25) is 0 Å². The lowest BCUT2D eigenvalue weighted by Crippen LogP contribution is -2.37. The topological polar surface area (TPSA) is 54.0 Å². The second kappa shape index (κ2) is 4.29. The smallest absolute Gasteiger partial charge is 0.319 e. The van der Waals surface area contributed by atoms with Crippen LogP contribution in [0.1, 0.15) is 19.8 Å². The van der Waals surface area contributed by atoms with Crippen LogP contribution in [0.15, 0.2) is 24.5 Å². The van der Waals surface area contributed by atoms with Crippen LogP contribution in [0, 0.1) is 5.92 Å². The first-order valence-electron chi connectivity index (χ1n) is 5.23. The number of hydrogen-bond donors (Lipinski definition) is 2. The number of amides is 2. The van der Waals surface area contributed by atoms with Crippen LogP contribution in [0.25, 0.3) is 0 Å². The largest absolute Gasteiger partial charge is 0.335 e. The summed E-state index contributed by atoms with van der Waals surface area (Å²) in [4.78, 5) is 15.4. The van der Waals surface area contributed by atoms with Gasteiger partial charge < -0.3 is 10.6 Å². The van der Waals surface area contributed by atoms with Gasteiger partial charge in [0.1, 0.15) is 0 Å². The summed E-state index contributed by atoms with van der Waals surface area (Å²) in [6, 6.07) is 3.72. The number of carbonyl (C=O) groups excluding carboxylic acids is 1. The highest BCUT2D eigenvalue weighted by Crippen LogP contribution is 2.32. The predicted octanol–water partition coefficient (Wildman–Crippen LogP) is 2.00. The molecule has 0 saturated heterocycles. The van der Waals surface area contributed by atoms with Crippen molar-refractivity contribution in [3.05, 3.63) is 24.5 Å². The maximum absolute atomic E-state index is 11.5. The van der Waals surface area contributed by atoms with Crippen molar-refractivity contribution in [3.8, 4) is 0 Å². The van der Waals surface area contributed by atoms with Gasteiger partial charge in [-0.25, -0.2) is 4.79 Å². The van der Waals surface area contributed by atoms with Gasteiger partial charge in [-0.05, 0) is 37.8 Å². The fourth-order valence-electron chi connectivity index (χ4n) is 1.52. The van der Waals surface area contributed by atoms with Gasteiger partial charge in [0.25, 0.3) is 0 Å². The molecule has 2 N–H and O–H groups in total. The average Bonchev–Trinajstić information content (AvgIpc) is 3.01. The van der Waals surface area contributed by atoms with Gasteiger partial charge in [0.15, 0.2) is 0 Å². The van der Waals surface area contributed by atoms with E-state index in [2.05, 4.69) is 15.6 Å². The molecule has 1 aromatic heterocycles. The Morgan fingerprint density at radius 2 is 2.40 bits per heavy atom. The van der Waals surface area contributed by atoms with Gasteiger partial charge in [0, 0.05) is 12.2 Å². The highest BCUT2D eigenvalue weighted by molar-refractivity contribution is 5.89. The third-order valence-corrected chi connectivity index (χ3v) is 2.61. The summed E-state index contributed by atoms with van der Waals surface area (Å²) in [5.41, 5.74) is 0.720. The summed E-state index contributed by atoms with van der Waals surface area (Å²) in [7, 11) is 0. The summed E-state index contributed by atoms with van der Waals surface area (Å²) < 4.78 is 0. The van der Waals surface area contributed by atoms with E-state index >= 15 is 0 Å². The summed E-state index contributed by atoms with van der Waals surface area (Å²) in [5.74, 6) is 0.671. The molecule has 1 aliphatic rings. The van der Waals surface area contributed by atoms with Crippen molar-refractivity contribution in [2.24, 2.45) is 5.92 Å². The maximum Gasteiger partial charge on any atom is 0.319 e. The molecular formula is C11H15N3O. The van der Waals surface area contributed by atoms with Gasteiger partial charge in [0.05, 0.1) is 11.9 Å². The van der Waals surface area contributed by atoms with Crippen LogP contribution in [0.2, 0.25) is 0 Å². The van der Waals surface area contributed by atoms with E-state index in [0.29, 0.717) is 5.92 Å². The van der Waals surface area contributed by atoms with E-state index in [4.69, 9.17) is 0 Å². The van der Waals surface area contributed by atoms with Crippen molar-refractivity contribution in [1.82, 2.24) is 10.3 Å². The molecule has 2 rings (SSSR count). The molecular weight excluding hydrogens is 190 g/mol. The number of pyridine rings is 1. The molecule has 1 aromatic rings. The molecule has 1 saturated carbocycles. The predicted molar refractivity (Wildman–Crippen MR) is 58.6 cm³/mol. The molecule has 80 valence electrons. The number of rotatable bonds is 3. The van der Waals surface area contributed by atoms with Crippen LogP contribution in [-0.2, 0) is 0 Å². The second-order valence-electron chi connectivity index (χ2n) is 3.97. The van der Waals surface area contributed by atoms with Gasteiger partial charge >= 0.3 is 6.03 Å². The highest BCUT2D eigenvalue weighted by atomic mass is 16.2. The minimum Gasteiger partial charge on any atom is -0.335 e. The van der Waals surface area contributed by atoms with Crippen LogP contribution < -0.4 is 10.6 Å². The number of hydrogen-bond acceptors (Lipinski definition) is 2. The standard InChI is InChI=1S/C11H15N3O/c1-8(9-4-5-9)13-11(15)14-10-3-2-6-12-7-10/h2-3,6-9H,4-5H2,1H3,(H2,13,14,15). The Bertz CT molecular complexity index is 335. The Labute approximate surface area is 89.1 Å². The lowest BCUT2D eigenvalue weighted by atomic mass is 10.2. The van der Waals surface area contributed by atoms with Gasteiger partial charge in [-0.1, -0.05) is 0 Å². The summed E-state index contributed by atoms with van der Waals surface area (Å²) in [6.07, 6.45) is 5.76. The van der Waals surface area contributed by atoms with E-state index in [0.717, 1.165) is 5.69 Å². The Morgan fingerprint density at radius 3 is 3.00 bits per heavy atom. The molecule has 1 fully saturated rings. The van der Waals surface area contributed by atoms with Gasteiger partial charge in [-0.3, -0.25) is 4.98 Å². The van der Waals surface area contributed by atoms with E-state index in [-0.39, 0.29) is 12.1 Å². The summed E-state index contributed by atoms with van der Waals surface area (Å²) in [6.45, 7) is 2.04. The van der Waals surface area contributed by atoms with Gasteiger partial charge in [-0.15, -0.1) is 0 Å².